The SMILES string of the molecule is O=C(O)c1nc(CBr)c(C(F)(F)F)cc1C(F)F. The van der Waals surface area contributed by atoms with Gasteiger partial charge in [-0.05, 0) is 6.07 Å². The van der Waals surface area contributed by atoms with E-state index >= 15 is 0 Å². The number of nitrogens with zero attached hydrogens (tertiary/aromatic N) is 1. The zero-order valence-electron chi connectivity index (χ0n) is 8.43. The highest BCUT2D eigenvalue weighted by molar-refractivity contribution is 9.08. The Hall–Kier alpha value is -1.25. The number of hydrogen-bond donors (Lipinski definition) is 1. The summed E-state index contributed by atoms with van der Waals surface area (Å²) in [5, 5.41) is 8.24. The van der Waals surface area contributed by atoms with E-state index < -0.39 is 46.4 Å². The van der Waals surface area contributed by atoms with Gasteiger partial charge in [-0.15, -0.1) is 0 Å². The van der Waals surface area contributed by atoms with Gasteiger partial charge in [-0.1, -0.05) is 15.9 Å². The maximum atomic E-state index is 12.6. The summed E-state index contributed by atoms with van der Waals surface area (Å²) >= 11 is 2.70. The van der Waals surface area contributed by atoms with Gasteiger partial charge < -0.3 is 5.11 Å². The quantitative estimate of drug-likeness (QED) is 0.678. The summed E-state index contributed by atoms with van der Waals surface area (Å²) in [7, 11) is 0. The number of carboxylic acids is 1. The van der Waals surface area contributed by atoms with Crippen molar-refractivity contribution in [1.29, 1.82) is 0 Å². The Bertz CT molecular complexity index is 475. The molecule has 1 aromatic heterocycles. The van der Waals surface area contributed by atoms with Crippen LogP contribution in [0, 0.1) is 0 Å². The summed E-state index contributed by atoms with van der Waals surface area (Å²) in [5.74, 6) is -1.80. The summed E-state index contributed by atoms with van der Waals surface area (Å²) in [6.45, 7) is 0. The summed E-state index contributed by atoms with van der Waals surface area (Å²) < 4.78 is 62.7. The van der Waals surface area contributed by atoms with Crippen LogP contribution in [0.3, 0.4) is 0 Å². The molecule has 0 saturated heterocycles. The molecule has 0 spiro atoms. The van der Waals surface area contributed by atoms with Gasteiger partial charge in [-0.3, -0.25) is 0 Å². The number of rotatable bonds is 3. The van der Waals surface area contributed by atoms with Gasteiger partial charge in [-0.25, -0.2) is 18.6 Å². The van der Waals surface area contributed by atoms with Gasteiger partial charge in [0.05, 0.1) is 16.8 Å². The lowest BCUT2D eigenvalue weighted by Crippen LogP contribution is -2.16. The van der Waals surface area contributed by atoms with Crippen LogP contribution in [0.15, 0.2) is 6.07 Å². The molecule has 0 aliphatic rings. The zero-order valence-corrected chi connectivity index (χ0v) is 10.0. The van der Waals surface area contributed by atoms with Crippen LogP contribution in [0.4, 0.5) is 22.0 Å². The van der Waals surface area contributed by atoms with Crippen LogP contribution < -0.4 is 0 Å². The van der Waals surface area contributed by atoms with E-state index in [1.807, 2.05) is 0 Å². The van der Waals surface area contributed by atoms with Crippen LogP contribution in [-0.2, 0) is 11.5 Å². The van der Waals surface area contributed by atoms with E-state index in [0.717, 1.165) is 0 Å². The second-order valence-corrected chi connectivity index (χ2v) is 3.72. The third-order valence-electron chi connectivity index (χ3n) is 2.00. The van der Waals surface area contributed by atoms with Crippen LogP contribution in [0.1, 0.15) is 33.7 Å². The van der Waals surface area contributed by atoms with Crippen molar-refractivity contribution in [3.63, 3.8) is 0 Å². The van der Waals surface area contributed by atoms with Crippen molar-refractivity contribution in [3.05, 3.63) is 28.6 Å². The fourth-order valence-electron chi connectivity index (χ4n) is 1.25. The molecule has 0 aromatic carbocycles. The Morgan fingerprint density at radius 1 is 1.44 bits per heavy atom. The van der Waals surface area contributed by atoms with E-state index in [1.165, 1.54) is 0 Å². The van der Waals surface area contributed by atoms with Crippen molar-refractivity contribution in [1.82, 2.24) is 4.98 Å². The molecule has 0 unspecified atom stereocenters. The Balaban J connectivity index is 3.57. The molecule has 100 valence electrons. The maximum Gasteiger partial charge on any atom is 0.418 e. The minimum atomic E-state index is -4.88. The lowest BCUT2D eigenvalue weighted by atomic mass is 10.1. The summed E-state index contributed by atoms with van der Waals surface area (Å²) in [6, 6.07) is 0.123. The number of halogens is 6. The Morgan fingerprint density at radius 2 is 2.00 bits per heavy atom. The van der Waals surface area contributed by atoms with E-state index in [0.29, 0.717) is 0 Å². The molecule has 1 aromatic rings. The van der Waals surface area contributed by atoms with Crippen LogP contribution in [-0.4, -0.2) is 16.1 Å². The number of aromatic nitrogens is 1. The van der Waals surface area contributed by atoms with E-state index in [1.54, 1.807) is 0 Å². The van der Waals surface area contributed by atoms with E-state index in [4.69, 9.17) is 5.11 Å². The Morgan fingerprint density at radius 3 is 2.33 bits per heavy atom. The molecule has 1 N–H and O–H groups in total. The first-order chi connectivity index (χ1) is 8.18. The van der Waals surface area contributed by atoms with Gasteiger partial charge in [0, 0.05) is 5.33 Å². The molecular formula is C9H5BrF5NO2. The fraction of sp³-hybridized carbons (Fsp3) is 0.333. The maximum absolute atomic E-state index is 12.6. The molecule has 0 radical (unpaired) electrons. The average Bonchev–Trinajstić information content (AvgIpc) is 2.25. The molecule has 0 fully saturated rings. The van der Waals surface area contributed by atoms with Crippen LogP contribution in [0.2, 0.25) is 0 Å². The highest BCUT2D eigenvalue weighted by Crippen LogP contribution is 2.35. The Labute approximate surface area is 106 Å². The largest absolute Gasteiger partial charge is 0.476 e. The molecule has 0 aliphatic carbocycles. The van der Waals surface area contributed by atoms with Crippen molar-refractivity contribution in [2.75, 3.05) is 0 Å². The van der Waals surface area contributed by atoms with E-state index in [-0.39, 0.29) is 6.07 Å². The molecule has 1 heterocycles. The third kappa shape index (κ3) is 2.95. The lowest BCUT2D eigenvalue weighted by molar-refractivity contribution is -0.138. The predicted molar refractivity (Wildman–Crippen MR) is 53.8 cm³/mol. The third-order valence-corrected chi connectivity index (χ3v) is 2.53. The highest BCUT2D eigenvalue weighted by atomic mass is 79.9. The van der Waals surface area contributed by atoms with Crippen molar-refractivity contribution in [2.45, 2.75) is 17.9 Å². The van der Waals surface area contributed by atoms with Gasteiger partial charge in [0.2, 0.25) is 0 Å². The molecular weight excluding hydrogens is 329 g/mol. The smallest absolute Gasteiger partial charge is 0.418 e. The summed E-state index contributed by atoms with van der Waals surface area (Å²) in [6.07, 6.45) is -8.23. The first-order valence-electron chi connectivity index (χ1n) is 4.37. The van der Waals surface area contributed by atoms with Crippen molar-refractivity contribution >= 4 is 21.9 Å². The lowest BCUT2D eigenvalue weighted by Gasteiger charge is -2.14. The molecule has 0 bridgehead atoms. The first-order valence-corrected chi connectivity index (χ1v) is 5.49. The van der Waals surface area contributed by atoms with Crippen molar-refractivity contribution in [3.8, 4) is 0 Å². The second kappa shape index (κ2) is 5.17. The number of alkyl halides is 6. The summed E-state index contributed by atoms with van der Waals surface area (Å²) in [5.41, 5.74) is -4.35. The molecule has 3 nitrogen and oxygen atoms in total. The van der Waals surface area contributed by atoms with Crippen LogP contribution in [0.25, 0.3) is 0 Å². The van der Waals surface area contributed by atoms with Gasteiger partial charge >= 0.3 is 12.1 Å². The topological polar surface area (TPSA) is 50.2 Å². The molecule has 0 atom stereocenters. The summed E-state index contributed by atoms with van der Waals surface area (Å²) in [4.78, 5) is 13.8. The van der Waals surface area contributed by atoms with Gasteiger partial charge in [0.25, 0.3) is 6.43 Å². The van der Waals surface area contributed by atoms with E-state index in [9.17, 15) is 26.7 Å². The van der Waals surface area contributed by atoms with Gasteiger partial charge in [0.1, 0.15) is 0 Å². The average molecular weight is 334 g/mol. The normalized spacial score (nSPS) is 11.9. The van der Waals surface area contributed by atoms with Gasteiger partial charge in [-0.2, -0.15) is 13.2 Å². The number of pyridine rings is 1. The minimum Gasteiger partial charge on any atom is -0.476 e. The standard InChI is InChI=1S/C9H5BrF5NO2/c10-2-5-4(9(13,14)15)1-3(7(11)12)6(16-5)8(17)18/h1,7H,2H2,(H,17,18). The zero-order chi connectivity index (χ0) is 14.1. The number of hydrogen-bond acceptors (Lipinski definition) is 2. The van der Waals surface area contributed by atoms with Crippen LogP contribution in [0.5, 0.6) is 0 Å². The van der Waals surface area contributed by atoms with Crippen LogP contribution >= 0.6 is 15.9 Å². The predicted octanol–water partition coefficient (Wildman–Crippen LogP) is 3.63. The molecule has 9 heteroatoms. The highest BCUT2D eigenvalue weighted by Gasteiger charge is 2.36. The molecule has 0 aliphatic heterocycles. The number of carboxylic acid groups (broad SMARTS) is 1. The molecule has 0 saturated carbocycles. The molecule has 18 heavy (non-hydrogen) atoms. The fourth-order valence-corrected chi connectivity index (χ4v) is 1.68. The molecule has 0 amide bonds. The molecule has 1 rings (SSSR count). The van der Waals surface area contributed by atoms with Gasteiger partial charge in [0.15, 0.2) is 5.69 Å². The monoisotopic (exact) mass is 333 g/mol. The van der Waals surface area contributed by atoms with E-state index in [2.05, 4.69) is 20.9 Å². The van der Waals surface area contributed by atoms with Crippen molar-refractivity contribution in [2.24, 2.45) is 0 Å². The minimum absolute atomic E-state index is 0.123. The first kappa shape index (κ1) is 14.8. The number of carbonyl (C=O) groups is 1. The van der Waals surface area contributed by atoms with Crippen molar-refractivity contribution < 1.29 is 31.9 Å². The second-order valence-electron chi connectivity index (χ2n) is 3.16. The number of aromatic carboxylic acids is 1. The Kier molecular flexibility index (Phi) is 4.25.